The first-order valence-electron chi connectivity index (χ1n) is 9.52. The first kappa shape index (κ1) is 19.5. The van der Waals surface area contributed by atoms with E-state index in [0.717, 1.165) is 28.1 Å². The van der Waals surface area contributed by atoms with Gasteiger partial charge in [-0.25, -0.2) is 4.68 Å². The van der Waals surface area contributed by atoms with Crippen LogP contribution in [0.3, 0.4) is 0 Å². The summed E-state index contributed by atoms with van der Waals surface area (Å²) in [5, 5.41) is 22.9. The van der Waals surface area contributed by atoms with Gasteiger partial charge < -0.3 is 14.2 Å². The van der Waals surface area contributed by atoms with Crippen molar-refractivity contribution in [2.45, 2.75) is 19.8 Å². The third kappa shape index (κ3) is 3.07. The highest BCUT2D eigenvalue weighted by Gasteiger charge is 2.41. The molecule has 0 bridgehead atoms. The van der Waals surface area contributed by atoms with Crippen molar-refractivity contribution in [3.8, 4) is 29.1 Å². The summed E-state index contributed by atoms with van der Waals surface area (Å²) in [4.78, 5) is 0. The van der Waals surface area contributed by atoms with E-state index in [0.29, 0.717) is 17.4 Å². The summed E-state index contributed by atoms with van der Waals surface area (Å²) in [6.07, 6.45) is 0. The van der Waals surface area contributed by atoms with E-state index in [9.17, 15) is 5.26 Å². The number of hydrogen-bond acceptors (Lipinski definition) is 6. The number of rotatable bonds is 4. The predicted octanol–water partition coefficient (Wildman–Crippen LogP) is 4.15. The van der Waals surface area contributed by atoms with Gasteiger partial charge in [-0.05, 0) is 43.7 Å². The van der Waals surface area contributed by atoms with Crippen molar-refractivity contribution < 1.29 is 14.2 Å². The number of benzene rings is 2. The average Bonchev–Trinajstić information content (AvgIpc) is 3.08. The second kappa shape index (κ2) is 7.56. The summed E-state index contributed by atoms with van der Waals surface area (Å²) in [6.45, 7) is 3.91. The Morgan fingerprint density at radius 2 is 1.77 bits per heavy atom. The monoisotopic (exact) mass is 402 g/mol. The van der Waals surface area contributed by atoms with Crippen LogP contribution in [0, 0.1) is 36.5 Å². The van der Waals surface area contributed by atoms with Crippen molar-refractivity contribution in [1.82, 2.24) is 9.78 Å². The molecule has 0 spiro atoms. The van der Waals surface area contributed by atoms with Crippen molar-refractivity contribution in [2.75, 3.05) is 14.2 Å². The zero-order valence-electron chi connectivity index (χ0n) is 17.3. The molecule has 0 aliphatic carbocycles. The number of ether oxygens (including phenoxy) is 3. The molecule has 2 atom stereocenters. The molecule has 0 amide bonds. The summed E-state index contributed by atoms with van der Waals surface area (Å²) < 4.78 is 18.3. The van der Waals surface area contributed by atoms with Crippen LogP contribution in [0.5, 0.6) is 17.4 Å². The number of aryl methyl sites for hydroxylation is 2. The van der Waals surface area contributed by atoms with Crippen molar-refractivity contribution in [1.29, 1.82) is 10.7 Å². The summed E-state index contributed by atoms with van der Waals surface area (Å²) in [6, 6.07) is 15.7. The van der Waals surface area contributed by atoms with Crippen LogP contribution in [0.4, 0.5) is 0 Å². The van der Waals surface area contributed by atoms with Gasteiger partial charge in [0.25, 0.3) is 0 Å². The second-order valence-electron chi connectivity index (χ2n) is 7.22. The lowest BCUT2D eigenvalue weighted by Gasteiger charge is -2.29. The van der Waals surface area contributed by atoms with Crippen LogP contribution >= 0.6 is 0 Å². The number of nitriles is 1. The molecular formula is C23H22N4O3. The van der Waals surface area contributed by atoms with Gasteiger partial charge in [0.2, 0.25) is 11.8 Å². The average molecular weight is 402 g/mol. The van der Waals surface area contributed by atoms with Crippen LogP contribution in [-0.2, 0) is 0 Å². The molecule has 1 N–H and O–H groups in total. The van der Waals surface area contributed by atoms with Crippen LogP contribution < -0.4 is 14.2 Å². The Morgan fingerprint density at radius 1 is 1.07 bits per heavy atom. The van der Waals surface area contributed by atoms with Gasteiger partial charge in [-0.15, -0.1) is 0 Å². The molecule has 0 saturated carbocycles. The van der Waals surface area contributed by atoms with Gasteiger partial charge >= 0.3 is 0 Å². The number of methoxy groups -OCH3 is 2. The molecule has 0 radical (unpaired) electrons. The van der Waals surface area contributed by atoms with E-state index in [4.69, 9.17) is 19.6 Å². The van der Waals surface area contributed by atoms with Crippen molar-refractivity contribution in [3.05, 3.63) is 64.8 Å². The number of hydrogen-bond donors (Lipinski definition) is 1. The molecule has 152 valence electrons. The highest BCUT2D eigenvalue weighted by atomic mass is 16.5. The standard InChI is InChI=1S/C23H22N4O3/c1-13-5-8-16(9-6-13)27-23-20(14(2)26-27)21(17(12-24)22(25)30-23)15-7-10-18(28-3)19(11-15)29-4/h5-11,17,21,25H,1-4H3. The number of nitrogens with one attached hydrogen (secondary N) is 1. The minimum absolute atomic E-state index is 0.0990. The molecule has 2 aromatic carbocycles. The van der Waals surface area contributed by atoms with Crippen LogP contribution in [0.25, 0.3) is 5.69 Å². The summed E-state index contributed by atoms with van der Waals surface area (Å²) in [7, 11) is 3.15. The van der Waals surface area contributed by atoms with Gasteiger partial charge in [0.1, 0.15) is 5.92 Å². The predicted molar refractivity (Wildman–Crippen MR) is 112 cm³/mol. The maximum atomic E-state index is 9.84. The van der Waals surface area contributed by atoms with Gasteiger partial charge in [0.15, 0.2) is 11.5 Å². The molecular weight excluding hydrogens is 380 g/mol. The first-order valence-corrected chi connectivity index (χ1v) is 9.52. The van der Waals surface area contributed by atoms with Crippen LogP contribution in [0.15, 0.2) is 42.5 Å². The Morgan fingerprint density at radius 3 is 2.40 bits per heavy atom. The van der Waals surface area contributed by atoms with Gasteiger partial charge in [-0.2, -0.15) is 10.4 Å². The maximum Gasteiger partial charge on any atom is 0.228 e. The normalized spacial score (nSPS) is 17.6. The third-order valence-corrected chi connectivity index (χ3v) is 5.38. The fourth-order valence-electron chi connectivity index (χ4n) is 3.86. The Kier molecular flexibility index (Phi) is 4.92. The van der Waals surface area contributed by atoms with E-state index < -0.39 is 11.8 Å². The fourth-order valence-corrected chi connectivity index (χ4v) is 3.86. The van der Waals surface area contributed by atoms with E-state index in [1.807, 2.05) is 50.2 Å². The van der Waals surface area contributed by atoms with Crippen molar-refractivity contribution in [3.63, 3.8) is 0 Å². The molecule has 3 aromatic rings. The van der Waals surface area contributed by atoms with Crippen molar-refractivity contribution in [2.24, 2.45) is 5.92 Å². The number of nitrogens with zero attached hydrogens (tertiary/aromatic N) is 3. The molecule has 1 aliphatic rings. The molecule has 30 heavy (non-hydrogen) atoms. The second-order valence-corrected chi connectivity index (χ2v) is 7.22. The van der Waals surface area contributed by atoms with Crippen molar-refractivity contribution >= 4 is 5.90 Å². The van der Waals surface area contributed by atoms with Gasteiger partial charge in [-0.3, -0.25) is 5.41 Å². The van der Waals surface area contributed by atoms with Gasteiger partial charge in [0.05, 0.1) is 31.7 Å². The summed E-state index contributed by atoms with van der Waals surface area (Å²) >= 11 is 0. The molecule has 2 unspecified atom stereocenters. The molecule has 7 heteroatoms. The largest absolute Gasteiger partial charge is 0.493 e. The Hall–Kier alpha value is -3.79. The first-order chi connectivity index (χ1) is 14.5. The lowest BCUT2D eigenvalue weighted by atomic mass is 9.79. The third-order valence-electron chi connectivity index (χ3n) is 5.38. The lowest BCUT2D eigenvalue weighted by molar-refractivity contribution is 0.354. The highest BCUT2D eigenvalue weighted by Crippen LogP contribution is 2.46. The molecule has 0 fully saturated rings. The highest BCUT2D eigenvalue weighted by molar-refractivity contribution is 5.85. The van der Waals surface area contributed by atoms with Gasteiger partial charge in [0, 0.05) is 11.5 Å². The lowest BCUT2D eigenvalue weighted by Crippen LogP contribution is -2.31. The number of aromatic nitrogens is 2. The minimum atomic E-state index is -0.773. The molecule has 0 saturated heterocycles. The van der Waals surface area contributed by atoms with Crippen LogP contribution in [0.1, 0.15) is 28.3 Å². The minimum Gasteiger partial charge on any atom is -0.493 e. The Labute approximate surface area is 174 Å². The van der Waals surface area contributed by atoms with E-state index in [-0.39, 0.29) is 5.90 Å². The van der Waals surface area contributed by atoms with Crippen LogP contribution in [-0.4, -0.2) is 29.9 Å². The van der Waals surface area contributed by atoms with E-state index in [1.165, 1.54) is 0 Å². The Balaban J connectivity index is 1.92. The fraction of sp³-hybridized carbons (Fsp3) is 0.261. The SMILES string of the molecule is COc1ccc(C2c3c(C)nn(-c4ccc(C)cc4)c3OC(=N)C2C#N)cc1OC. The van der Waals surface area contributed by atoms with E-state index in [2.05, 4.69) is 11.2 Å². The molecule has 4 rings (SSSR count). The molecule has 1 aliphatic heterocycles. The Bertz CT molecular complexity index is 1160. The molecule has 1 aromatic heterocycles. The number of fused-ring (bicyclic) bond motifs is 1. The molecule has 2 heterocycles. The zero-order valence-corrected chi connectivity index (χ0v) is 17.3. The smallest absolute Gasteiger partial charge is 0.228 e. The summed E-state index contributed by atoms with van der Waals surface area (Å²) in [5.74, 6) is 0.347. The van der Waals surface area contributed by atoms with Gasteiger partial charge in [-0.1, -0.05) is 23.8 Å². The topological polar surface area (TPSA) is 93.2 Å². The maximum absolute atomic E-state index is 9.84. The van der Waals surface area contributed by atoms with E-state index >= 15 is 0 Å². The summed E-state index contributed by atoms with van der Waals surface area (Å²) in [5.41, 5.74) is 4.35. The zero-order chi connectivity index (χ0) is 21.4. The molecule has 7 nitrogen and oxygen atoms in total. The van der Waals surface area contributed by atoms with E-state index in [1.54, 1.807) is 25.0 Å². The van der Waals surface area contributed by atoms with Crippen LogP contribution in [0.2, 0.25) is 0 Å². The quantitative estimate of drug-likeness (QED) is 0.708.